The van der Waals surface area contributed by atoms with Gasteiger partial charge in [-0.25, -0.2) is 4.79 Å². The van der Waals surface area contributed by atoms with E-state index in [2.05, 4.69) is 31.4 Å². The van der Waals surface area contributed by atoms with Crippen molar-refractivity contribution in [1.29, 1.82) is 0 Å². The smallest absolute Gasteiger partial charge is 0.322 e. The topological polar surface area (TPSA) is 58.2 Å². The summed E-state index contributed by atoms with van der Waals surface area (Å²) in [6.07, 6.45) is 2.01. The normalized spacial score (nSPS) is 48.6. The number of carbonyl (C=O) groups is 2. The molecule has 1 spiro atoms. The number of amides is 3. The van der Waals surface area contributed by atoms with E-state index in [1.807, 2.05) is 0 Å². The van der Waals surface area contributed by atoms with E-state index in [1.165, 1.54) is 6.42 Å². The minimum absolute atomic E-state index is 0.116. The van der Waals surface area contributed by atoms with Gasteiger partial charge in [0.2, 0.25) is 0 Å². The highest BCUT2D eigenvalue weighted by atomic mass is 16.2. The molecule has 16 heavy (non-hydrogen) atoms. The predicted molar refractivity (Wildman–Crippen MR) is 58.6 cm³/mol. The Morgan fingerprint density at radius 1 is 1.31 bits per heavy atom. The molecule has 0 aromatic rings. The molecule has 3 aliphatic carbocycles. The molecule has 3 saturated carbocycles. The van der Waals surface area contributed by atoms with Crippen molar-refractivity contribution in [2.75, 3.05) is 0 Å². The summed E-state index contributed by atoms with van der Waals surface area (Å²) in [6.45, 7) is 6.67. The van der Waals surface area contributed by atoms with Gasteiger partial charge in [0.1, 0.15) is 5.54 Å². The first kappa shape index (κ1) is 10.1. The molecule has 1 saturated heterocycles. The zero-order valence-electron chi connectivity index (χ0n) is 9.96. The van der Waals surface area contributed by atoms with Crippen LogP contribution >= 0.6 is 0 Å². The van der Waals surface area contributed by atoms with Gasteiger partial charge in [-0.3, -0.25) is 10.1 Å². The summed E-state index contributed by atoms with van der Waals surface area (Å²) >= 11 is 0. The zero-order valence-corrected chi connectivity index (χ0v) is 9.96. The molecule has 4 heteroatoms. The second kappa shape index (κ2) is 2.60. The van der Waals surface area contributed by atoms with Crippen molar-refractivity contribution in [1.82, 2.24) is 10.6 Å². The zero-order chi connectivity index (χ0) is 11.7. The summed E-state index contributed by atoms with van der Waals surface area (Å²) in [6, 6.07) is -0.323. The van der Waals surface area contributed by atoms with Crippen molar-refractivity contribution < 1.29 is 9.59 Å². The third-order valence-corrected chi connectivity index (χ3v) is 5.46. The van der Waals surface area contributed by atoms with Gasteiger partial charge in [0.05, 0.1) is 0 Å². The summed E-state index contributed by atoms with van der Waals surface area (Å²) in [5, 5.41) is 5.25. The number of carbonyl (C=O) groups excluding carboxylic acids is 2. The van der Waals surface area contributed by atoms with Crippen molar-refractivity contribution in [3.63, 3.8) is 0 Å². The monoisotopic (exact) mass is 222 g/mol. The minimum atomic E-state index is -0.611. The van der Waals surface area contributed by atoms with Crippen molar-refractivity contribution in [2.24, 2.45) is 23.2 Å². The first-order valence-electron chi connectivity index (χ1n) is 6.01. The molecule has 2 bridgehead atoms. The molecule has 0 unspecified atom stereocenters. The van der Waals surface area contributed by atoms with E-state index >= 15 is 0 Å². The number of urea groups is 1. The molecular weight excluding hydrogens is 204 g/mol. The fourth-order valence-corrected chi connectivity index (χ4v) is 4.14. The maximum atomic E-state index is 12.0. The lowest BCUT2D eigenvalue weighted by atomic mass is 9.41. The van der Waals surface area contributed by atoms with Crippen molar-refractivity contribution in [2.45, 2.75) is 39.2 Å². The average molecular weight is 222 g/mol. The Labute approximate surface area is 95.2 Å². The molecule has 1 aliphatic heterocycles. The van der Waals surface area contributed by atoms with Gasteiger partial charge < -0.3 is 5.32 Å². The summed E-state index contributed by atoms with van der Waals surface area (Å²) in [4.78, 5) is 23.3. The fourth-order valence-electron chi connectivity index (χ4n) is 4.14. The van der Waals surface area contributed by atoms with Gasteiger partial charge in [-0.15, -0.1) is 0 Å². The molecule has 4 atom stereocenters. The molecule has 3 amide bonds. The van der Waals surface area contributed by atoms with Crippen LogP contribution in [0.3, 0.4) is 0 Å². The standard InChI is InChI=1S/C12H18N2O2/c1-6-8-4-7(11(8,2)3)5-12(6)9(15)13-10(16)14-12/h6-8H,4-5H2,1-3H3,(H2,13,14,15,16)/t6-,7-,8+,12+/m0/s1. The number of hydrogen-bond acceptors (Lipinski definition) is 2. The molecule has 0 radical (unpaired) electrons. The quantitative estimate of drug-likeness (QED) is 0.606. The summed E-state index contributed by atoms with van der Waals surface area (Å²) in [5.41, 5.74) is -0.279. The van der Waals surface area contributed by atoms with Crippen LogP contribution in [0.15, 0.2) is 0 Å². The van der Waals surface area contributed by atoms with Gasteiger partial charge in [-0.2, -0.15) is 0 Å². The fraction of sp³-hybridized carbons (Fsp3) is 0.833. The van der Waals surface area contributed by atoms with E-state index < -0.39 is 5.54 Å². The Bertz CT molecular complexity index is 390. The first-order valence-corrected chi connectivity index (χ1v) is 6.01. The number of rotatable bonds is 0. The van der Waals surface area contributed by atoms with Crippen molar-refractivity contribution in [3.8, 4) is 0 Å². The van der Waals surface area contributed by atoms with Gasteiger partial charge in [-0.05, 0) is 36.0 Å². The first-order chi connectivity index (χ1) is 7.38. The van der Waals surface area contributed by atoms with Crippen LogP contribution in [0.4, 0.5) is 4.79 Å². The lowest BCUT2D eigenvalue weighted by molar-refractivity contribution is -0.159. The lowest BCUT2D eigenvalue weighted by Crippen LogP contribution is -2.68. The van der Waals surface area contributed by atoms with Crippen LogP contribution in [-0.4, -0.2) is 17.5 Å². The van der Waals surface area contributed by atoms with Crippen molar-refractivity contribution >= 4 is 11.9 Å². The van der Waals surface area contributed by atoms with E-state index in [4.69, 9.17) is 0 Å². The van der Waals surface area contributed by atoms with Gasteiger partial charge >= 0.3 is 6.03 Å². The average Bonchev–Trinajstić information content (AvgIpc) is 2.46. The van der Waals surface area contributed by atoms with E-state index in [0.717, 1.165) is 6.42 Å². The number of imide groups is 1. The summed E-state index contributed by atoms with van der Waals surface area (Å²) in [5.74, 6) is 1.24. The van der Waals surface area contributed by atoms with Gasteiger partial charge in [0, 0.05) is 0 Å². The molecule has 88 valence electrons. The highest BCUT2D eigenvalue weighted by Gasteiger charge is 2.66. The van der Waals surface area contributed by atoms with Gasteiger partial charge in [-0.1, -0.05) is 20.8 Å². The highest BCUT2D eigenvalue weighted by molar-refractivity contribution is 6.07. The number of hydrogen-bond donors (Lipinski definition) is 2. The highest BCUT2D eigenvalue weighted by Crippen LogP contribution is 2.64. The molecule has 2 N–H and O–H groups in total. The Kier molecular flexibility index (Phi) is 1.65. The summed E-state index contributed by atoms with van der Waals surface area (Å²) in [7, 11) is 0. The third kappa shape index (κ3) is 0.913. The predicted octanol–water partition coefficient (Wildman–Crippen LogP) is 1.27. The van der Waals surface area contributed by atoms with Crippen LogP contribution in [0.25, 0.3) is 0 Å². The molecule has 0 aromatic heterocycles. The maximum Gasteiger partial charge on any atom is 0.322 e. The van der Waals surface area contributed by atoms with Gasteiger partial charge in [0.15, 0.2) is 0 Å². The molecule has 4 fully saturated rings. The minimum Gasteiger partial charge on any atom is -0.323 e. The third-order valence-electron chi connectivity index (χ3n) is 5.46. The Hall–Kier alpha value is -1.06. The second-order valence-electron chi connectivity index (χ2n) is 6.23. The molecule has 4 nitrogen and oxygen atoms in total. The van der Waals surface area contributed by atoms with Crippen LogP contribution < -0.4 is 10.6 Å². The van der Waals surface area contributed by atoms with Crippen LogP contribution in [-0.2, 0) is 4.79 Å². The Balaban J connectivity index is 1.96. The number of nitrogens with one attached hydrogen (secondary N) is 2. The molecule has 1 heterocycles. The summed E-state index contributed by atoms with van der Waals surface area (Å²) < 4.78 is 0. The van der Waals surface area contributed by atoms with E-state index in [9.17, 15) is 9.59 Å². The van der Waals surface area contributed by atoms with E-state index in [-0.39, 0.29) is 17.9 Å². The second-order valence-corrected chi connectivity index (χ2v) is 6.23. The maximum absolute atomic E-state index is 12.0. The Morgan fingerprint density at radius 2 is 2.00 bits per heavy atom. The van der Waals surface area contributed by atoms with Crippen LogP contribution in [0.5, 0.6) is 0 Å². The Morgan fingerprint density at radius 3 is 2.44 bits per heavy atom. The molecule has 0 aromatic carbocycles. The van der Waals surface area contributed by atoms with Crippen LogP contribution in [0.2, 0.25) is 0 Å². The van der Waals surface area contributed by atoms with Gasteiger partial charge in [0.25, 0.3) is 5.91 Å². The molecule has 4 rings (SSSR count). The van der Waals surface area contributed by atoms with Crippen molar-refractivity contribution in [3.05, 3.63) is 0 Å². The van der Waals surface area contributed by atoms with Crippen LogP contribution in [0.1, 0.15) is 33.6 Å². The largest absolute Gasteiger partial charge is 0.323 e. The van der Waals surface area contributed by atoms with Crippen LogP contribution in [0, 0.1) is 23.2 Å². The molecular formula is C12H18N2O2. The van der Waals surface area contributed by atoms with E-state index in [1.54, 1.807) is 0 Å². The van der Waals surface area contributed by atoms with E-state index in [0.29, 0.717) is 17.3 Å². The SMILES string of the molecule is C[C@H]1[C@H]2C[C@@H](C[C@@]13NC(=O)NC3=O)C2(C)C. The lowest BCUT2D eigenvalue weighted by Gasteiger charge is -2.64. The molecule has 4 aliphatic rings.